The van der Waals surface area contributed by atoms with Gasteiger partial charge in [-0.25, -0.2) is 4.39 Å². The van der Waals surface area contributed by atoms with Crippen LogP contribution in [0.5, 0.6) is 5.75 Å². The Morgan fingerprint density at radius 3 is 2.37 bits per heavy atom. The van der Waals surface area contributed by atoms with Crippen LogP contribution in [0.1, 0.15) is 47.6 Å². The van der Waals surface area contributed by atoms with E-state index < -0.39 is 5.82 Å². The van der Waals surface area contributed by atoms with Gasteiger partial charge in [-0.2, -0.15) is 0 Å². The number of carbonyl (C=O) groups is 1. The maximum absolute atomic E-state index is 13.9. The minimum absolute atomic E-state index is 0.0599. The van der Waals surface area contributed by atoms with E-state index in [4.69, 9.17) is 4.74 Å². The third kappa shape index (κ3) is 5.07. The molecule has 0 aliphatic carbocycles. The van der Waals surface area contributed by atoms with E-state index in [1.807, 2.05) is 24.3 Å². The third-order valence-corrected chi connectivity index (χ3v) is 5.16. The molecule has 0 bridgehead atoms. The van der Waals surface area contributed by atoms with Gasteiger partial charge in [-0.15, -0.1) is 0 Å². The molecule has 0 spiro atoms. The monoisotopic (exact) mass is 370 g/mol. The first-order valence-electron chi connectivity index (χ1n) is 9.60. The molecule has 0 aromatic heterocycles. The summed E-state index contributed by atoms with van der Waals surface area (Å²) in [6.45, 7) is 2.46. The van der Waals surface area contributed by atoms with E-state index in [9.17, 15) is 9.18 Å². The van der Waals surface area contributed by atoms with Crippen molar-refractivity contribution >= 4 is 5.91 Å². The van der Waals surface area contributed by atoms with Crippen molar-refractivity contribution in [3.63, 3.8) is 0 Å². The normalized spacial score (nSPS) is 16.4. The van der Waals surface area contributed by atoms with Gasteiger partial charge in [0.05, 0.1) is 18.7 Å². The molecule has 0 saturated carbocycles. The fraction of sp³-hybridized carbons (Fsp3) is 0.409. The second kappa shape index (κ2) is 9.51. The maximum Gasteiger partial charge on any atom is 0.254 e. The highest BCUT2D eigenvalue weighted by Gasteiger charge is 2.23. The molecular weight excluding hydrogens is 343 g/mol. The zero-order chi connectivity index (χ0) is 19.1. The number of halogens is 1. The fourth-order valence-corrected chi connectivity index (χ4v) is 3.62. The molecule has 1 N–H and O–H groups in total. The molecule has 1 atom stereocenters. The summed E-state index contributed by atoms with van der Waals surface area (Å²) in [5.74, 6) is -0.0593. The molecule has 1 aliphatic heterocycles. The summed E-state index contributed by atoms with van der Waals surface area (Å²) in [5.41, 5.74) is 1.22. The number of carbonyl (C=O) groups excluding carboxylic acids is 1. The minimum atomic E-state index is -0.495. The van der Waals surface area contributed by atoms with Crippen LogP contribution in [0.2, 0.25) is 0 Å². The van der Waals surface area contributed by atoms with Crippen molar-refractivity contribution in [2.45, 2.75) is 31.7 Å². The Morgan fingerprint density at radius 2 is 1.74 bits per heavy atom. The summed E-state index contributed by atoms with van der Waals surface area (Å²) in [7, 11) is 1.65. The number of benzene rings is 2. The maximum atomic E-state index is 13.9. The Labute approximate surface area is 160 Å². The van der Waals surface area contributed by atoms with Crippen LogP contribution < -0.4 is 10.1 Å². The fourth-order valence-electron chi connectivity index (χ4n) is 3.62. The highest BCUT2D eigenvalue weighted by atomic mass is 19.1. The molecule has 2 aromatic rings. The van der Waals surface area contributed by atoms with Gasteiger partial charge in [0.25, 0.3) is 5.91 Å². The number of hydrogen-bond donors (Lipinski definition) is 1. The molecule has 1 fully saturated rings. The van der Waals surface area contributed by atoms with Crippen molar-refractivity contribution in [2.75, 3.05) is 26.7 Å². The lowest BCUT2D eigenvalue weighted by Crippen LogP contribution is -2.38. The van der Waals surface area contributed by atoms with Crippen molar-refractivity contribution < 1.29 is 13.9 Å². The summed E-state index contributed by atoms with van der Waals surface area (Å²) in [4.78, 5) is 14.9. The van der Waals surface area contributed by atoms with Gasteiger partial charge in [0.2, 0.25) is 0 Å². The summed E-state index contributed by atoms with van der Waals surface area (Å²) in [6.07, 6.45) is 4.81. The first-order chi connectivity index (χ1) is 13.2. The minimum Gasteiger partial charge on any atom is -0.497 e. The van der Waals surface area contributed by atoms with Gasteiger partial charge in [-0.3, -0.25) is 9.69 Å². The quantitative estimate of drug-likeness (QED) is 0.829. The van der Waals surface area contributed by atoms with Gasteiger partial charge in [-0.1, -0.05) is 37.1 Å². The first kappa shape index (κ1) is 19.4. The Bertz CT molecular complexity index is 740. The van der Waals surface area contributed by atoms with Crippen molar-refractivity contribution in [3.8, 4) is 5.75 Å². The van der Waals surface area contributed by atoms with Crippen molar-refractivity contribution in [1.82, 2.24) is 10.2 Å². The molecule has 5 heteroatoms. The summed E-state index contributed by atoms with van der Waals surface area (Å²) in [6, 6.07) is 14.1. The number of methoxy groups -OCH3 is 1. The van der Waals surface area contributed by atoms with Crippen LogP contribution in [-0.4, -0.2) is 37.6 Å². The predicted octanol–water partition coefficient (Wildman–Crippen LogP) is 4.18. The van der Waals surface area contributed by atoms with Crippen LogP contribution in [0.3, 0.4) is 0 Å². The zero-order valence-corrected chi connectivity index (χ0v) is 15.8. The molecule has 27 heavy (non-hydrogen) atoms. The van der Waals surface area contributed by atoms with Gasteiger partial charge in [0.1, 0.15) is 11.6 Å². The van der Waals surface area contributed by atoms with Crippen molar-refractivity contribution in [2.24, 2.45) is 0 Å². The second-order valence-electron chi connectivity index (χ2n) is 6.93. The van der Waals surface area contributed by atoms with E-state index in [1.165, 1.54) is 25.0 Å². The first-order valence-corrected chi connectivity index (χ1v) is 9.60. The largest absolute Gasteiger partial charge is 0.497 e. The molecule has 1 aliphatic rings. The SMILES string of the molecule is COc1ccc(C(CNC(=O)c2ccccc2F)N2CCCCCC2)cc1. The highest BCUT2D eigenvalue weighted by molar-refractivity contribution is 5.94. The van der Waals surface area contributed by atoms with Crippen LogP contribution >= 0.6 is 0 Å². The Hall–Kier alpha value is -2.40. The van der Waals surface area contributed by atoms with Crippen LogP contribution in [0.15, 0.2) is 48.5 Å². The smallest absolute Gasteiger partial charge is 0.254 e. The lowest BCUT2D eigenvalue weighted by Gasteiger charge is -2.31. The van der Waals surface area contributed by atoms with Crippen LogP contribution in [0, 0.1) is 5.82 Å². The number of ether oxygens (including phenoxy) is 1. The van der Waals surface area contributed by atoms with Gasteiger partial charge < -0.3 is 10.1 Å². The van der Waals surface area contributed by atoms with Gasteiger partial charge >= 0.3 is 0 Å². The molecule has 1 amide bonds. The van der Waals surface area contributed by atoms with Crippen LogP contribution in [-0.2, 0) is 0 Å². The molecule has 0 radical (unpaired) electrons. The zero-order valence-electron chi connectivity index (χ0n) is 15.8. The van der Waals surface area contributed by atoms with E-state index >= 15 is 0 Å². The Morgan fingerprint density at radius 1 is 1.07 bits per heavy atom. The molecule has 1 heterocycles. The molecule has 144 valence electrons. The molecule has 2 aromatic carbocycles. The third-order valence-electron chi connectivity index (χ3n) is 5.16. The van der Waals surface area contributed by atoms with Gasteiger partial charge in [0.15, 0.2) is 0 Å². The molecule has 3 rings (SSSR count). The number of hydrogen-bond acceptors (Lipinski definition) is 3. The average Bonchev–Trinajstić information content (AvgIpc) is 2.98. The van der Waals surface area contributed by atoms with E-state index in [0.29, 0.717) is 6.54 Å². The molecular formula is C22H27FN2O2. The van der Waals surface area contributed by atoms with E-state index in [-0.39, 0.29) is 17.5 Å². The van der Waals surface area contributed by atoms with E-state index in [2.05, 4.69) is 10.2 Å². The predicted molar refractivity (Wildman–Crippen MR) is 105 cm³/mol. The number of nitrogens with zero attached hydrogens (tertiary/aromatic N) is 1. The lowest BCUT2D eigenvalue weighted by atomic mass is 10.0. The van der Waals surface area contributed by atoms with Crippen LogP contribution in [0.4, 0.5) is 4.39 Å². The summed E-state index contributed by atoms with van der Waals surface area (Å²) < 4.78 is 19.2. The Balaban J connectivity index is 1.76. The summed E-state index contributed by atoms with van der Waals surface area (Å²) >= 11 is 0. The topological polar surface area (TPSA) is 41.6 Å². The van der Waals surface area contributed by atoms with Crippen molar-refractivity contribution in [1.29, 1.82) is 0 Å². The second-order valence-corrected chi connectivity index (χ2v) is 6.93. The summed E-state index contributed by atoms with van der Waals surface area (Å²) in [5, 5.41) is 2.93. The Kier molecular flexibility index (Phi) is 6.82. The van der Waals surface area contributed by atoms with E-state index in [1.54, 1.807) is 19.2 Å². The molecule has 1 saturated heterocycles. The average molecular weight is 370 g/mol. The van der Waals surface area contributed by atoms with Gasteiger partial charge in [-0.05, 0) is 55.8 Å². The van der Waals surface area contributed by atoms with E-state index in [0.717, 1.165) is 37.2 Å². The van der Waals surface area contributed by atoms with Crippen LogP contribution in [0.25, 0.3) is 0 Å². The number of amides is 1. The number of rotatable bonds is 6. The number of likely N-dealkylation sites (tertiary alicyclic amines) is 1. The van der Waals surface area contributed by atoms with Gasteiger partial charge in [0, 0.05) is 6.54 Å². The van der Waals surface area contributed by atoms with Crippen molar-refractivity contribution in [3.05, 3.63) is 65.5 Å². The standard InChI is InChI=1S/C22H27FN2O2/c1-27-18-12-10-17(11-13-18)21(25-14-6-2-3-7-15-25)16-24-22(26)19-8-4-5-9-20(19)23/h4-5,8-13,21H,2-3,6-7,14-16H2,1H3,(H,24,26). The highest BCUT2D eigenvalue weighted by Crippen LogP contribution is 2.25. The molecule has 4 nitrogen and oxygen atoms in total. The number of nitrogens with one attached hydrogen (secondary N) is 1. The lowest BCUT2D eigenvalue weighted by molar-refractivity contribution is 0.0929. The molecule has 1 unspecified atom stereocenters.